The zero-order valence-corrected chi connectivity index (χ0v) is 27.3. The molecule has 2 aliphatic heterocycles. The summed E-state index contributed by atoms with van der Waals surface area (Å²) in [5, 5.41) is 23.3. The van der Waals surface area contributed by atoms with E-state index in [0.717, 1.165) is 52.5 Å². The van der Waals surface area contributed by atoms with E-state index < -0.39 is 20.0 Å². The monoisotopic (exact) mass is 660 g/mol. The molecule has 0 spiro atoms. The van der Waals surface area contributed by atoms with E-state index in [-0.39, 0.29) is 15.8 Å². The van der Waals surface area contributed by atoms with Crippen molar-refractivity contribution in [3.05, 3.63) is 114 Å². The average Bonchev–Trinajstić information content (AvgIpc) is 3.64. The molecule has 0 saturated carbocycles. The van der Waals surface area contributed by atoms with Gasteiger partial charge in [-0.05, 0) is 85.6 Å². The molecule has 240 valence electrons. The summed E-state index contributed by atoms with van der Waals surface area (Å²) in [6.45, 7) is 4.06. The summed E-state index contributed by atoms with van der Waals surface area (Å²) in [6, 6.07) is 31.1. The fourth-order valence-electron chi connectivity index (χ4n) is 5.37. The molecule has 0 fully saturated rings. The molecule has 0 saturated heterocycles. The second-order valence-corrected chi connectivity index (χ2v) is 14.2. The van der Waals surface area contributed by atoms with Crippen LogP contribution in [0, 0.1) is 0 Å². The first-order chi connectivity index (χ1) is 21.8. The number of hydrazone groups is 2. The molecule has 13 heteroatoms. The smallest absolute Gasteiger partial charge is 0.238 e. The third kappa shape index (κ3) is 7.62. The molecule has 0 radical (unpaired) electrons. The van der Waals surface area contributed by atoms with Gasteiger partial charge in [-0.25, -0.2) is 27.1 Å². The third-order valence-electron chi connectivity index (χ3n) is 7.66. The Bertz CT molecular complexity index is 1950. The Balaban J connectivity index is 0.000000209. The van der Waals surface area contributed by atoms with E-state index in [2.05, 4.69) is 12.0 Å². The van der Waals surface area contributed by atoms with Gasteiger partial charge in [-0.2, -0.15) is 10.2 Å². The summed E-state index contributed by atoms with van der Waals surface area (Å²) < 4.78 is 50.7. The van der Waals surface area contributed by atoms with Crippen LogP contribution >= 0.6 is 0 Å². The maximum Gasteiger partial charge on any atom is 0.238 e. The van der Waals surface area contributed by atoms with E-state index >= 15 is 0 Å². The van der Waals surface area contributed by atoms with Crippen molar-refractivity contribution < 1.29 is 21.6 Å². The van der Waals surface area contributed by atoms with Gasteiger partial charge in [0, 0.05) is 18.6 Å². The van der Waals surface area contributed by atoms with Crippen LogP contribution in [0.5, 0.6) is 5.75 Å². The van der Waals surface area contributed by atoms with E-state index in [1.54, 1.807) is 31.4 Å². The van der Waals surface area contributed by atoms with Crippen LogP contribution < -0.4 is 25.0 Å². The highest BCUT2D eigenvalue weighted by Gasteiger charge is 2.30. The molecule has 4 N–H and O–H groups in total. The third-order valence-corrected chi connectivity index (χ3v) is 9.52. The Morgan fingerprint density at radius 2 is 1.22 bits per heavy atom. The van der Waals surface area contributed by atoms with Gasteiger partial charge in [0.15, 0.2) is 0 Å². The van der Waals surface area contributed by atoms with Crippen molar-refractivity contribution in [3.8, 4) is 5.75 Å². The van der Waals surface area contributed by atoms with Gasteiger partial charge in [0.2, 0.25) is 20.0 Å². The van der Waals surface area contributed by atoms with Gasteiger partial charge in [-0.1, -0.05) is 42.5 Å². The molecule has 6 rings (SSSR count). The topological polar surface area (TPSA) is 161 Å². The molecule has 2 aliphatic rings. The number of nitrogens with zero attached hydrogens (tertiary/aromatic N) is 4. The van der Waals surface area contributed by atoms with Crippen molar-refractivity contribution in [2.45, 2.75) is 48.6 Å². The van der Waals surface area contributed by atoms with Gasteiger partial charge in [-0.3, -0.25) is 10.0 Å². The van der Waals surface area contributed by atoms with E-state index in [1.807, 2.05) is 71.5 Å². The predicted molar refractivity (Wildman–Crippen MR) is 181 cm³/mol. The number of anilines is 2. The normalized spacial score (nSPS) is 18.0. The lowest BCUT2D eigenvalue weighted by molar-refractivity contribution is 0.414. The molecule has 0 amide bonds. The van der Waals surface area contributed by atoms with Gasteiger partial charge in [-0.15, -0.1) is 0 Å². The summed E-state index contributed by atoms with van der Waals surface area (Å²) in [7, 11) is -5.72. The average molecular weight is 661 g/mol. The SMILES string of the molecule is CC1=NN(c2ccc(S(N)(=O)=O)cc2)C(C)C1.COc1ccc(C2CC(c3ccccc3)=NN2c2ccc(S(N)(=O)=O)cc2)cc1. The first kappa shape index (κ1) is 32.8. The number of benzene rings is 4. The van der Waals surface area contributed by atoms with Gasteiger partial charge in [0.25, 0.3) is 0 Å². The first-order valence-electron chi connectivity index (χ1n) is 14.5. The Morgan fingerprint density at radius 1 is 0.696 bits per heavy atom. The summed E-state index contributed by atoms with van der Waals surface area (Å²) in [5.41, 5.74) is 5.88. The maximum atomic E-state index is 11.6. The molecule has 0 aromatic heterocycles. The number of hydrogen-bond acceptors (Lipinski definition) is 9. The molecule has 0 bridgehead atoms. The van der Waals surface area contributed by atoms with Gasteiger partial charge < -0.3 is 4.74 Å². The lowest BCUT2D eigenvalue weighted by Gasteiger charge is -2.24. The second kappa shape index (κ2) is 13.4. The van der Waals surface area contributed by atoms with Crippen molar-refractivity contribution in [2.75, 3.05) is 17.1 Å². The van der Waals surface area contributed by atoms with E-state index in [0.29, 0.717) is 6.04 Å². The van der Waals surface area contributed by atoms with Crippen molar-refractivity contribution in [2.24, 2.45) is 20.5 Å². The van der Waals surface area contributed by atoms with Crippen LogP contribution in [0.4, 0.5) is 11.4 Å². The Kier molecular flexibility index (Phi) is 9.58. The number of ether oxygens (including phenoxy) is 1. The first-order valence-corrected chi connectivity index (χ1v) is 17.6. The van der Waals surface area contributed by atoms with Crippen molar-refractivity contribution in [3.63, 3.8) is 0 Å². The molecule has 4 aromatic carbocycles. The molecular weight excluding hydrogens is 625 g/mol. The van der Waals surface area contributed by atoms with Crippen LogP contribution in [0.3, 0.4) is 0 Å². The minimum absolute atomic E-state index is 0.0172. The Morgan fingerprint density at radius 3 is 1.67 bits per heavy atom. The highest BCUT2D eigenvalue weighted by atomic mass is 32.2. The van der Waals surface area contributed by atoms with Crippen LogP contribution in [-0.2, 0) is 20.0 Å². The second-order valence-electron chi connectivity index (χ2n) is 11.1. The number of rotatable bonds is 7. The quantitative estimate of drug-likeness (QED) is 0.282. The fourth-order valence-corrected chi connectivity index (χ4v) is 6.40. The molecule has 2 atom stereocenters. The summed E-state index contributed by atoms with van der Waals surface area (Å²) in [5.74, 6) is 0.792. The van der Waals surface area contributed by atoms with Gasteiger partial charge >= 0.3 is 0 Å². The standard InChI is InChI=1S/C22H21N3O3S.C11H15N3O2S/c1-28-19-11-7-17(8-12-19)22-15-21(16-5-3-2-4-6-16)24-25(22)18-9-13-20(14-10-18)29(23,26)27;1-8-7-9(2)14(13-8)10-3-5-11(6-4-10)17(12,15)16/h2-14,22H,15H2,1H3,(H2,23,26,27);3-6,9H,7H2,1-2H3,(H2,12,15,16). The molecule has 4 aromatic rings. The van der Waals surface area contributed by atoms with Crippen LogP contribution in [0.25, 0.3) is 0 Å². The highest BCUT2D eigenvalue weighted by molar-refractivity contribution is 7.89. The molecule has 0 aliphatic carbocycles. The largest absolute Gasteiger partial charge is 0.497 e. The Labute approximate surface area is 269 Å². The zero-order chi connectivity index (χ0) is 33.1. The summed E-state index contributed by atoms with van der Waals surface area (Å²) in [6.07, 6.45) is 1.66. The maximum absolute atomic E-state index is 11.6. The molecule has 11 nitrogen and oxygen atoms in total. The highest BCUT2D eigenvalue weighted by Crippen LogP contribution is 2.37. The van der Waals surface area contributed by atoms with Crippen LogP contribution in [-0.4, -0.2) is 41.4 Å². The van der Waals surface area contributed by atoms with Gasteiger partial charge in [0.1, 0.15) is 5.75 Å². The molecule has 2 unspecified atom stereocenters. The number of methoxy groups -OCH3 is 1. The van der Waals surface area contributed by atoms with Crippen molar-refractivity contribution >= 4 is 42.8 Å². The number of primary sulfonamides is 2. The molecule has 2 heterocycles. The summed E-state index contributed by atoms with van der Waals surface area (Å²) >= 11 is 0. The Hall–Kier alpha value is -4.56. The van der Waals surface area contributed by atoms with E-state index in [1.165, 1.54) is 24.3 Å². The number of sulfonamides is 2. The number of nitrogens with two attached hydrogens (primary N) is 2. The number of hydrogen-bond donors (Lipinski definition) is 2. The van der Waals surface area contributed by atoms with E-state index in [9.17, 15) is 16.8 Å². The van der Waals surface area contributed by atoms with Crippen LogP contribution in [0.15, 0.2) is 123 Å². The molecule has 46 heavy (non-hydrogen) atoms. The lowest BCUT2D eigenvalue weighted by atomic mass is 9.98. The van der Waals surface area contributed by atoms with Crippen LogP contribution in [0.2, 0.25) is 0 Å². The van der Waals surface area contributed by atoms with Crippen molar-refractivity contribution in [1.82, 2.24) is 0 Å². The summed E-state index contributed by atoms with van der Waals surface area (Å²) in [4.78, 5) is 0.197. The minimum Gasteiger partial charge on any atom is -0.497 e. The molecular formula is C33H36N6O5S2. The van der Waals surface area contributed by atoms with Crippen molar-refractivity contribution in [1.29, 1.82) is 0 Å². The fraction of sp³-hybridized carbons (Fsp3) is 0.212. The predicted octanol–water partition coefficient (Wildman–Crippen LogP) is 5.01. The van der Waals surface area contributed by atoms with Crippen LogP contribution in [0.1, 0.15) is 43.9 Å². The lowest BCUT2D eigenvalue weighted by Crippen LogP contribution is -2.22. The minimum atomic E-state index is -3.74. The zero-order valence-electron chi connectivity index (χ0n) is 25.7. The van der Waals surface area contributed by atoms with Gasteiger partial charge in [0.05, 0.1) is 46.1 Å². The van der Waals surface area contributed by atoms with E-state index in [4.69, 9.17) is 20.1 Å².